The third-order valence-corrected chi connectivity index (χ3v) is 7.75. The molecule has 0 saturated carbocycles. The van der Waals surface area contributed by atoms with Crippen LogP contribution in [0.15, 0.2) is 53.9 Å². The predicted octanol–water partition coefficient (Wildman–Crippen LogP) is 5.44. The third kappa shape index (κ3) is 8.22. The number of carbonyl (C=O) groups excluding carboxylic acids is 3. The second kappa shape index (κ2) is 13.6. The smallest absolute Gasteiger partial charge is 0.368 e. The van der Waals surface area contributed by atoms with E-state index in [0.29, 0.717) is 59.8 Å². The van der Waals surface area contributed by atoms with E-state index < -0.39 is 17.6 Å². The fourth-order valence-electron chi connectivity index (χ4n) is 4.60. The standard InChI is InChI=1S/C29H31ClF3N5O3S/c1-19(2)16-38(27(41)23-8-3-4-9-24(23)30)17-25(39)35-28-34-21(18-42-28)15-26(40)37-12-10-36(11-13-37)22-7-5-6-20(14-22)29(31,32)33/h3-9,14,18-19H,10-13,15-17H2,1-2H3,(H,34,35,39). The number of amides is 3. The number of carbonyl (C=O) groups is 3. The van der Waals surface area contributed by atoms with Crippen LogP contribution in [0.2, 0.25) is 5.02 Å². The molecule has 1 aliphatic rings. The topological polar surface area (TPSA) is 85.8 Å². The number of nitrogens with one attached hydrogen (secondary N) is 1. The number of piperazine rings is 1. The van der Waals surface area contributed by atoms with Gasteiger partial charge in [-0.05, 0) is 36.2 Å². The van der Waals surface area contributed by atoms with Crippen LogP contribution in [0.1, 0.15) is 35.5 Å². The average molecular weight is 622 g/mol. The first-order valence-electron chi connectivity index (χ1n) is 13.4. The van der Waals surface area contributed by atoms with Crippen molar-refractivity contribution in [1.82, 2.24) is 14.8 Å². The molecule has 1 aliphatic heterocycles. The normalized spacial score (nSPS) is 13.8. The maximum Gasteiger partial charge on any atom is 0.416 e. The zero-order valence-electron chi connectivity index (χ0n) is 23.2. The van der Waals surface area contributed by atoms with Gasteiger partial charge in [0.15, 0.2) is 5.13 Å². The number of hydrogen-bond acceptors (Lipinski definition) is 6. The van der Waals surface area contributed by atoms with Crippen LogP contribution in [0.3, 0.4) is 0 Å². The molecular weight excluding hydrogens is 591 g/mol. The van der Waals surface area contributed by atoms with Crippen LogP contribution in [0.4, 0.5) is 24.0 Å². The Morgan fingerprint density at radius 1 is 1.07 bits per heavy atom. The molecule has 1 aromatic heterocycles. The lowest BCUT2D eigenvalue weighted by Gasteiger charge is -2.36. The zero-order chi connectivity index (χ0) is 30.4. The van der Waals surface area contributed by atoms with Gasteiger partial charge in [-0.1, -0.05) is 43.6 Å². The van der Waals surface area contributed by atoms with E-state index in [4.69, 9.17) is 11.6 Å². The molecular formula is C29H31ClF3N5O3S. The van der Waals surface area contributed by atoms with Crippen molar-refractivity contribution < 1.29 is 27.6 Å². The van der Waals surface area contributed by atoms with Crippen molar-refractivity contribution in [2.75, 3.05) is 49.5 Å². The molecule has 3 aromatic rings. The Balaban J connectivity index is 1.29. The number of aromatic nitrogens is 1. The van der Waals surface area contributed by atoms with E-state index in [-0.39, 0.29) is 30.7 Å². The van der Waals surface area contributed by atoms with Crippen molar-refractivity contribution in [2.45, 2.75) is 26.4 Å². The highest BCUT2D eigenvalue weighted by Crippen LogP contribution is 2.32. The highest BCUT2D eigenvalue weighted by molar-refractivity contribution is 7.13. The number of anilines is 2. The molecule has 3 amide bonds. The molecule has 4 rings (SSSR count). The van der Waals surface area contributed by atoms with Gasteiger partial charge in [0, 0.05) is 43.8 Å². The zero-order valence-corrected chi connectivity index (χ0v) is 24.7. The molecule has 0 unspecified atom stereocenters. The summed E-state index contributed by atoms with van der Waals surface area (Å²) in [6.07, 6.45) is -4.39. The van der Waals surface area contributed by atoms with Crippen LogP contribution in [-0.2, 0) is 22.2 Å². The van der Waals surface area contributed by atoms with Gasteiger partial charge in [-0.2, -0.15) is 13.2 Å². The van der Waals surface area contributed by atoms with E-state index in [1.54, 1.807) is 40.6 Å². The van der Waals surface area contributed by atoms with Gasteiger partial charge in [-0.25, -0.2) is 4.98 Å². The van der Waals surface area contributed by atoms with Gasteiger partial charge in [0.25, 0.3) is 5.91 Å². The predicted molar refractivity (Wildman–Crippen MR) is 157 cm³/mol. The second-order valence-corrected chi connectivity index (χ2v) is 11.6. The monoisotopic (exact) mass is 621 g/mol. The SMILES string of the molecule is CC(C)CN(CC(=O)Nc1nc(CC(=O)N2CCN(c3cccc(C(F)(F)F)c3)CC2)cs1)C(=O)c1ccccc1Cl. The first-order chi connectivity index (χ1) is 19.9. The van der Waals surface area contributed by atoms with E-state index in [1.807, 2.05) is 18.7 Å². The van der Waals surface area contributed by atoms with Crippen molar-refractivity contribution in [3.63, 3.8) is 0 Å². The number of nitrogens with zero attached hydrogens (tertiary/aromatic N) is 4. The molecule has 0 radical (unpaired) electrons. The van der Waals surface area contributed by atoms with Gasteiger partial charge in [0.2, 0.25) is 11.8 Å². The summed E-state index contributed by atoms with van der Waals surface area (Å²) in [7, 11) is 0. The molecule has 224 valence electrons. The van der Waals surface area contributed by atoms with Gasteiger partial charge >= 0.3 is 6.18 Å². The summed E-state index contributed by atoms with van der Waals surface area (Å²) in [6.45, 7) is 5.61. The molecule has 2 aromatic carbocycles. The molecule has 0 bridgehead atoms. The maximum atomic E-state index is 13.1. The van der Waals surface area contributed by atoms with Crippen molar-refractivity contribution in [2.24, 2.45) is 5.92 Å². The van der Waals surface area contributed by atoms with Crippen molar-refractivity contribution in [1.29, 1.82) is 0 Å². The minimum Gasteiger partial charge on any atom is -0.368 e. The van der Waals surface area contributed by atoms with Crippen LogP contribution >= 0.6 is 22.9 Å². The second-order valence-electron chi connectivity index (χ2n) is 10.3. The van der Waals surface area contributed by atoms with Gasteiger partial charge in [-0.15, -0.1) is 11.3 Å². The summed E-state index contributed by atoms with van der Waals surface area (Å²) in [6, 6.07) is 11.8. The van der Waals surface area contributed by atoms with Crippen molar-refractivity contribution in [3.8, 4) is 0 Å². The van der Waals surface area contributed by atoms with E-state index in [9.17, 15) is 27.6 Å². The van der Waals surface area contributed by atoms with E-state index in [0.717, 1.165) is 12.1 Å². The molecule has 1 saturated heterocycles. The molecule has 42 heavy (non-hydrogen) atoms. The molecule has 0 aliphatic carbocycles. The van der Waals surface area contributed by atoms with Gasteiger partial charge in [-0.3, -0.25) is 14.4 Å². The Hall–Kier alpha value is -3.64. The van der Waals surface area contributed by atoms with Crippen LogP contribution in [0.25, 0.3) is 0 Å². The van der Waals surface area contributed by atoms with E-state index >= 15 is 0 Å². The Bertz CT molecular complexity index is 1420. The molecule has 0 spiro atoms. The van der Waals surface area contributed by atoms with Gasteiger partial charge < -0.3 is 20.0 Å². The lowest BCUT2D eigenvalue weighted by atomic mass is 10.1. The molecule has 13 heteroatoms. The summed E-state index contributed by atoms with van der Waals surface area (Å²) < 4.78 is 39.2. The molecule has 0 atom stereocenters. The summed E-state index contributed by atoms with van der Waals surface area (Å²) >= 11 is 7.37. The summed E-state index contributed by atoms with van der Waals surface area (Å²) in [4.78, 5) is 48.1. The number of thiazole rings is 1. The highest BCUT2D eigenvalue weighted by Gasteiger charge is 2.31. The number of halogens is 4. The van der Waals surface area contributed by atoms with Crippen LogP contribution in [0, 0.1) is 5.92 Å². The number of benzene rings is 2. The molecule has 8 nitrogen and oxygen atoms in total. The first kappa shape index (κ1) is 31.3. The number of alkyl halides is 3. The lowest BCUT2D eigenvalue weighted by molar-refractivity contribution is -0.137. The Morgan fingerprint density at radius 3 is 2.45 bits per heavy atom. The largest absolute Gasteiger partial charge is 0.416 e. The number of rotatable bonds is 9. The van der Waals surface area contributed by atoms with Crippen molar-refractivity contribution in [3.05, 3.63) is 75.8 Å². The van der Waals surface area contributed by atoms with Gasteiger partial charge in [0.1, 0.15) is 6.54 Å². The van der Waals surface area contributed by atoms with Gasteiger partial charge in [0.05, 0.1) is 28.3 Å². The minimum absolute atomic E-state index is 0.0282. The first-order valence-corrected chi connectivity index (χ1v) is 14.6. The fraction of sp³-hybridized carbons (Fsp3) is 0.379. The number of hydrogen-bond donors (Lipinski definition) is 1. The Kier molecular flexibility index (Phi) is 10.1. The average Bonchev–Trinajstić information content (AvgIpc) is 3.38. The molecule has 2 heterocycles. The highest BCUT2D eigenvalue weighted by atomic mass is 35.5. The van der Waals surface area contributed by atoms with Crippen molar-refractivity contribution >= 4 is 51.5 Å². The lowest BCUT2D eigenvalue weighted by Crippen LogP contribution is -2.49. The minimum atomic E-state index is -4.42. The molecule has 1 N–H and O–H groups in total. The molecule has 1 fully saturated rings. The van der Waals surface area contributed by atoms with E-state index in [1.165, 1.54) is 22.3 Å². The Labute approximate surface area is 251 Å². The van der Waals surface area contributed by atoms with Crippen LogP contribution in [-0.4, -0.2) is 71.8 Å². The van der Waals surface area contributed by atoms with Crippen LogP contribution in [0.5, 0.6) is 0 Å². The van der Waals surface area contributed by atoms with E-state index in [2.05, 4.69) is 10.3 Å². The fourth-order valence-corrected chi connectivity index (χ4v) is 5.55. The summed E-state index contributed by atoms with van der Waals surface area (Å²) in [5.41, 5.74) is 0.576. The third-order valence-electron chi connectivity index (χ3n) is 6.61. The summed E-state index contributed by atoms with van der Waals surface area (Å²) in [5.74, 6) is -0.805. The quantitative estimate of drug-likeness (QED) is 0.344. The summed E-state index contributed by atoms with van der Waals surface area (Å²) in [5, 5.41) is 5.02. The maximum absolute atomic E-state index is 13.1. The Morgan fingerprint density at radius 2 is 1.79 bits per heavy atom. The van der Waals surface area contributed by atoms with Crippen LogP contribution < -0.4 is 10.2 Å².